The van der Waals surface area contributed by atoms with Crippen molar-refractivity contribution in [3.8, 4) is 5.75 Å². The van der Waals surface area contributed by atoms with E-state index in [9.17, 15) is 26.3 Å². The standard InChI is InChI=1S/C12H10F6N2OS2.ClH/c13-11(14,15)6-22-4-3-20-8-2-1-7(21-12(16,17)18)5-9(8)23-10(20)19;/h1-2,5,19H,3-4,6H2;1H. The molecule has 0 aliphatic carbocycles. The maximum atomic E-state index is 12.2. The highest BCUT2D eigenvalue weighted by molar-refractivity contribution is 7.99. The second kappa shape index (κ2) is 7.87. The van der Waals surface area contributed by atoms with Gasteiger partial charge in [-0.3, -0.25) is 5.41 Å². The van der Waals surface area contributed by atoms with Gasteiger partial charge in [0.05, 0.1) is 16.0 Å². The lowest BCUT2D eigenvalue weighted by molar-refractivity contribution is -0.274. The maximum absolute atomic E-state index is 12.2. The topological polar surface area (TPSA) is 38.0 Å². The Kier molecular flexibility index (Phi) is 6.88. The van der Waals surface area contributed by atoms with E-state index < -0.39 is 24.0 Å². The van der Waals surface area contributed by atoms with Crippen LogP contribution in [0, 0.1) is 5.41 Å². The van der Waals surface area contributed by atoms with Crippen LogP contribution in [-0.2, 0) is 6.54 Å². The van der Waals surface area contributed by atoms with Gasteiger partial charge in [0, 0.05) is 12.3 Å². The Morgan fingerprint density at radius 1 is 1.17 bits per heavy atom. The zero-order chi connectivity index (χ0) is 17.3. The molecule has 1 heterocycles. The third-order valence-electron chi connectivity index (χ3n) is 2.63. The molecule has 1 aromatic carbocycles. The van der Waals surface area contributed by atoms with Gasteiger partial charge < -0.3 is 9.30 Å². The molecule has 0 spiro atoms. The number of hydrogen-bond donors (Lipinski definition) is 1. The van der Waals surface area contributed by atoms with Crippen molar-refractivity contribution in [2.24, 2.45) is 0 Å². The predicted molar refractivity (Wildman–Crippen MR) is 83.0 cm³/mol. The molecule has 1 N–H and O–H groups in total. The number of ether oxygens (including phenoxy) is 1. The van der Waals surface area contributed by atoms with Crippen LogP contribution in [0.4, 0.5) is 26.3 Å². The second-order valence-electron chi connectivity index (χ2n) is 4.40. The number of aryl methyl sites for hydroxylation is 1. The average Bonchev–Trinajstić information content (AvgIpc) is 2.66. The lowest BCUT2D eigenvalue weighted by Crippen LogP contribution is -2.17. The molecule has 0 radical (unpaired) electrons. The van der Waals surface area contributed by atoms with Crippen molar-refractivity contribution in [3.63, 3.8) is 0 Å². The van der Waals surface area contributed by atoms with E-state index in [1.807, 2.05) is 0 Å². The van der Waals surface area contributed by atoms with Crippen molar-refractivity contribution in [2.75, 3.05) is 11.5 Å². The van der Waals surface area contributed by atoms with Crippen LogP contribution in [0.2, 0.25) is 0 Å². The largest absolute Gasteiger partial charge is 0.573 e. The summed E-state index contributed by atoms with van der Waals surface area (Å²) in [5, 5.41) is 7.79. The summed E-state index contributed by atoms with van der Waals surface area (Å²) in [6.45, 7) is 0.166. The van der Waals surface area contributed by atoms with Crippen LogP contribution in [0.25, 0.3) is 10.2 Å². The van der Waals surface area contributed by atoms with E-state index in [0.717, 1.165) is 23.5 Å². The van der Waals surface area contributed by atoms with Crippen LogP contribution in [0.5, 0.6) is 5.75 Å². The van der Waals surface area contributed by atoms with Gasteiger partial charge in [0.15, 0.2) is 4.80 Å². The first-order valence-electron chi connectivity index (χ1n) is 6.13. The minimum Gasteiger partial charge on any atom is -0.406 e. The van der Waals surface area contributed by atoms with Crippen LogP contribution < -0.4 is 9.54 Å². The van der Waals surface area contributed by atoms with Crippen LogP contribution >= 0.6 is 35.5 Å². The third-order valence-corrected chi connectivity index (χ3v) is 4.60. The molecule has 24 heavy (non-hydrogen) atoms. The maximum Gasteiger partial charge on any atom is 0.573 e. The van der Waals surface area contributed by atoms with Crippen molar-refractivity contribution >= 4 is 45.7 Å². The van der Waals surface area contributed by atoms with E-state index in [1.54, 1.807) is 0 Å². The van der Waals surface area contributed by atoms with Gasteiger partial charge in [0.25, 0.3) is 0 Å². The zero-order valence-electron chi connectivity index (χ0n) is 11.7. The van der Waals surface area contributed by atoms with Gasteiger partial charge in [-0.1, -0.05) is 11.3 Å². The van der Waals surface area contributed by atoms with E-state index in [2.05, 4.69) is 4.74 Å². The molecule has 0 aliphatic rings. The van der Waals surface area contributed by atoms with Gasteiger partial charge in [0.1, 0.15) is 5.75 Å². The number of thioether (sulfide) groups is 1. The molecule has 0 fully saturated rings. The quantitative estimate of drug-likeness (QED) is 0.566. The van der Waals surface area contributed by atoms with Gasteiger partial charge in [-0.15, -0.1) is 25.6 Å². The monoisotopic (exact) mass is 412 g/mol. The fourth-order valence-electron chi connectivity index (χ4n) is 1.83. The number of benzene rings is 1. The number of alkyl halides is 6. The minimum absolute atomic E-state index is 0. The van der Waals surface area contributed by atoms with Crippen molar-refractivity contribution in [1.82, 2.24) is 4.57 Å². The highest BCUT2D eigenvalue weighted by atomic mass is 35.5. The predicted octanol–water partition coefficient (Wildman–Crippen LogP) is 4.80. The molecule has 0 saturated heterocycles. The molecule has 0 saturated carbocycles. The van der Waals surface area contributed by atoms with Gasteiger partial charge in [-0.25, -0.2) is 0 Å². The first kappa shape index (κ1) is 21.0. The molecule has 0 aliphatic heterocycles. The molecule has 136 valence electrons. The van der Waals surface area contributed by atoms with Gasteiger partial charge in [-0.05, 0) is 18.2 Å². The van der Waals surface area contributed by atoms with Crippen molar-refractivity contribution in [2.45, 2.75) is 19.1 Å². The molecule has 1 aromatic heterocycles. The van der Waals surface area contributed by atoms with E-state index in [0.29, 0.717) is 22.0 Å². The Morgan fingerprint density at radius 3 is 2.42 bits per heavy atom. The molecule has 0 atom stereocenters. The van der Waals surface area contributed by atoms with Gasteiger partial charge >= 0.3 is 12.5 Å². The van der Waals surface area contributed by atoms with Crippen LogP contribution in [-0.4, -0.2) is 28.6 Å². The van der Waals surface area contributed by atoms with Crippen molar-refractivity contribution < 1.29 is 31.1 Å². The minimum atomic E-state index is -4.81. The lowest BCUT2D eigenvalue weighted by atomic mass is 10.3. The molecular weight excluding hydrogens is 402 g/mol. The van der Waals surface area contributed by atoms with Crippen LogP contribution in [0.1, 0.15) is 0 Å². The summed E-state index contributed by atoms with van der Waals surface area (Å²) in [7, 11) is 0. The van der Waals surface area contributed by atoms with Crippen molar-refractivity contribution in [3.05, 3.63) is 23.0 Å². The smallest absolute Gasteiger partial charge is 0.406 e. The molecule has 2 aromatic rings. The molecule has 3 nitrogen and oxygen atoms in total. The number of nitrogens with zero attached hydrogens (tertiary/aromatic N) is 1. The normalized spacial score (nSPS) is 12.2. The fourth-order valence-corrected chi connectivity index (χ4v) is 3.48. The number of nitrogens with one attached hydrogen (secondary N) is 1. The summed E-state index contributed by atoms with van der Waals surface area (Å²) < 4.78 is 78.4. The summed E-state index contributed by atoms with van der Waals surface area (Å²) in [4.78, 5) is 0.0526. The van der Waals surface area contributed by atoms with E-state index in [-0.39, 0.29) is 29.5 Å². The Hall–Kier alpha value is -1.07. The zero-order valence-corrected chi connectivity index (χ0v) is 14.2. The highest BCUT2D eigenvalue weighted by Gasteiger charge is 2.31. The number of hydrogen-bond acceptors (Lipinski definition) is 4. The first-order chi connectivity index (χ1) is 10.6. The summed E-state index contributed by atoms with van der Waals surface area (Å²) in [6, 6.07) is 3.63. The number of fused-ring (bicyclic) bond motifs is 1. The number of rotatable bonds is 5. The molecule has 0 unspecified atom stereocenters. The fraction of sp³-hybridized carbons (Fsp3) is 0.417. The summed E-state index contributed by atoms with van der Waals surface area (Å²) in [5.41, 5.74) is 0.488. The molecule has 0 bridgehead atoms. The Balaban J connectivity index is 0.00000288. The van der Waals surface area contributed by atoms with E-state index in [4.69, 9.17) is 5.41 Å². The lowest BCUT2D eigenvalue weighted by Gasteiger charge is -2.09. The average molecular weight is 413 g/mol. The van der Waals surface area contributed by atoms with Gasteiger partial charge in [-0.2, -0.15) is 24.9 Å². The molecular formula is C12H11ClF6N2OS2. The van der Waals surface area contributed by atoms with Crippen LogP contribution in [0.15, 0.2) is 18.2 Å². The van der Waals surface area contributed by atoms with E-state index in [1.165, 1.54) is 10.6 Å². The molecule has 2 rings (SSSR count). The summed E-state index contributed by atoms with van der Waals surface area (Å²) >= 11 is 1.62. The summed E-state index contributed by atoms with van der Waals surface area (Å²) in [5.74, 6) is -1.24. The second-order valence-corrected chi connectivity index (χ2v) is 6.54. The Bertz CT molecular complexity index is 740. The van der Waals surface area contributed by atoms with Gasteiger partial charge in [0.2, 0.25) is 0 Å². The van der Waals surface area contributed by atoms with Crippen molar-refractivity contribution in [1.29, 1.82) is 5.41 Å². The highest BCUT2D eigenvalue weighted by Crippen LogP contribution is 2.28. The van der Waals surface area contributed by atoms with E-state index >= 15 is 0 Å². The molecule has 12 heteroatoms. The number of aromatic nitrogens is 1. The first-order valence-corrected chi connectivity index (χ1v) is 8.10. The third kappa shape index (κ3) is 6.10. The number of halogens is 7. The SMILES string of the molecule is Cl.N=c1sc2cc(OC(F)(F)F)ccc2n1CCSCC(F)(F)F. The molecule has 0 amide bonds. The van der Waals surface area contributed by atoms with Crippen LogP contribution in [0.3, 0.4) is 0 Å². The number of thiazole rings is 1. The summed E-state index contributed by atoms with van der Waals surface area (Å²) in [6.07, 6.45) is -9.06. The Morgan fingerprint density at radius 2 is 1.83 bits per heavy atom. The Labute approximate surface area is 146 Å².